The fourth-order valence-electron chi connectivity index (χ4n) is 1.97. The van der Waals surface area contributed by atoms with Crippen molar-refractivity contribution in [3.05, 3.63) is 53.3 Å². The number of halogens is 2. The second-order valence-electron chi connectivity index (χ2n) is 5.34. The third-order valence-electron chi connectivity index (χ3n) is 3.19. The van der Waals surface area contributed by atoms with Crippen molar-refractivity contribution in [1.29, 1.82) is 0 Å². The zero-order chi connectivity index (χ0) is 17.7. The predicted molar refractivity (Wildman–Crippen MR) is 94.1 cm³/mol. The Morgan fingerprint density at radius 1 is 1.00 bits per heavy atom. The maximum Gasteiger partial charge on any atom is 0.233 e. The van der Waals surface area contributed by atoms with Gasteiger partial charge in [0.05, 0.1) is 5.02 Å². The number of hydrogen-bond acceptors (Lipinski definition) is 3. The Balaban J connectivity index is 1.89. The Kier molecular flexibility index (Phi) is 5.76. The number of amides is 2. The van der Waals surface area contributed by atoms with E-state index in [1.807, 2.05) is 31.1 Å². The smallest absolute Gasteiger partial charge is 0.233 e. The average molecular weight is 350 g/mol. The lowest BCUT2D eigenvalue weighted by Gasteiger charge is -2.13. The van der Waals surface area contributed by atoms with Crippen LogP contribution in [-0.2, 0) is 9.59 Å². The lowest BCUT2D eigenvalue weighted by molar-refractivity contribution is -0.123. The summed E-state index contributed by atoms with van der Waals surface area (Å²) < 4.78 is 13.1. The third-order valence-corrected chi connectivity index (χ3v) is 3.48. The molecule has 126 valence electrons. The monoisotopic (exact) mass is 349 g/mol. The number of hydrogen-bond donors (Lipinski definition) is 2. The van der Waals surface area contributed by atoms with Gasteiger partial charge in [0, 0.05) is 31.2 Å². The molecular weight excluding hydrogens is 333 g/mol. The lowest BCUT2D eigenvalue weighted by atomic mass is 10.2. The van der Waals surface area contributed by atoms with Crippen LogP contribution in [0.5, 0.6) is 0 Å². The molecule has 0 aliphatic heterocycles. The second-order valence-corrected chi connectivity index (χ2v) is 5.75. The number of nitrogens with one attached hydrogen (secondary N) is 2. The minimum Gasteiger partial charge on any atom is -0.378 e. The van der Waals surface area contributed by atoms with E-state index in [0.29, 0.717) is 11.4 Å². The maximum absolute atomic E-state index is 13.1. The van der Waals surface area contributed by atoms with Crippen LogP contribution in [-0.4, -0.2) is 25.9 Å². The topological polar surface area (TPSA) is 61.4 Å². The zero-order valence-corrected chi connectivity index (χ0v) is 14.0. The fraction of sp³-hybridized carbons (Fsp3) is 0.176. The van der Waals surface area contributed by atoms with Crippen LogP contribution in [0.2, 0.25) is 5.02 Å². The first-order valence-electron chi connectivity index (χ1n) is 7.17. The van der Waals surface area contributed by atoms with E-state index in [1.54, 1.807) is 12.1 Å². The summed E-state index contributed by atoms with van der Waals surface area (Å²) in [6, 6.07) is 11.0. The number of rotatable bonds is 5. The Morgan fingerprint density at radius 3 is 2.08 bits per heavy atom. The van der Waals surface area contributed by atoms with E-state index in [9.17, 15) is 14.0 Å². The molecule has 0 bridgehead atoms. The molecule has 0 fully saturated rings. The van der Waals surface area contributed by atoms with Gasteiger partial charge in [-0.1, -0.05) is 11.6 Å². The summed E-state index contributed by atoms with van der Waals surface area (Å²) in [5, 5.41) is 5.04. The Bertz CT molecular complexity index is 748. The van der Waals surface area contributed by atoms with E-state index in [0.717, 1.165) is 11.8 Å². The minimum atomic E-state index is -0.575. The summed E-state index contributed by atoms with van der Waals surface area (Å²) in [5.41, 5.74) is 1.93. The summed E-state index contributed by atoms with van der Waals surface area (Å²) in [4.78, 5) is 25.7. The SMILES string of the molecule is CN(C)c1ccc(NC(=O)CC(=O)Nc2ccc(F)c(Cl)c2)cc1. The first-order valence-corrected chi connectivity index (χ1v) is 7.55. The molecule has 0 saturated carbocycles. The van der Waals surface area contributed by atoms with Gasteiger partial charge < -0.3 is 15.5 Å². The molecule has 0 unspecified atom stereocenters. The molecule has 0 atom stereocenters. The normalized spacial score (nSPS) is 10.2. The van der Waals surface area contributed by atoms with Crippen molar-refractivity contribution in [3.63, 3.8) is 0 Å². The lowest BCUT2D eigenvalue weighted by Crippen LogP contribution is -2.21. The van der Waals surface area contributed by atoms with Crippen molar-refractivity contribution in [2.45, 2.75) is 6.42 Å². The molecule has 2 rings (SSSR count). The van der Waals surface area contributed by atoms with Gasteiger partial charge in [-0.15, -0.1) is 0 Å². The molecule has 0 aromatic heterocycles. The van der Waals surface area contributed by atoms with E-state index in [4.69, 9.17) is 11.6 Å². The first kappa shape index (κ1) is 17.7. The predicted octanol–water partition coefficient (Wildman–Crippen LogP) is 3.51. The standard InChI is InChI=1S/C17H17ClFN3O2/c1-22(2)13-6-3-11(4-7-13)20-16(23)10-17(24)21-12-5-8-15(19)14(18)9-12/h3-9H,10H2,1-2H3,(H,20,23)(H,21,24). The van der Waals surface area contributed by atoms with Crippen molar-refractivity contribution in [2.24, 2.45) is 0 Å². The third kappa shape index (κ3) is 4.96. The van der Waals surface area contributed by atoms with E-state index in [-0.39, 0.29) is 11.4 Å². The van der Waals surface area contributed by atoms with Crippen LogP contribution in [0.15, 0.2) is 42.5 Å². The van der Waals surface area contributed by atoms with Gasteiger partial charge in [0.15, 0.2) is 0 Å². The molecule has 0 aliphatic rings. The number of carbonyl (C=O) groups is 2. The Hall–Kier alpha value is -2.60. The highest BCUT2D eigenvalue weighted by Gasteiger charge is 2.11. The minimum absolute atomic E-state index is 0.0989. The van der Waals surface area contributed by atoms with Crippen molar-refractivity contribution >= 4 is 40.5 Å². The molecule has 24 heavy (non-hydrogen) atoms. The van der Waals surface area contributed by atoms with Crippen LogP contribution in [0.25, 0.3) is 0 Å². The van der Waals surface area contributed by atoms with Gasteiger partial charge in [0.2, 0.25) is 11.8 Å². The molecule has 0 spiro atoms. The summed E-state index contributed by atoms with van der Waals surface area (Å²) in [7, 11) is 3.83. The van der Waals surface area contributed by atoms with Crippen LogP contribution >= 0.6 is 11.6 Å². The molecule has 0 aliphatic carbocycles. The highest BCUT2D eigenvalue weighted by atomic mass is 35.5. The zero-order valence-electron chi connectivity index (χ0n) is 13.3. The molecule has 5 nitrogen and oxygen atoms in total. The summed E-state index contributed by atoms with van der Waals surface area (Å²) in [6.07, 6.45) is -0.357. The number of benzene rings is 2. The van der Waals surface area contributed by atoms with Crippen molar-refractivity contribution < 1.29 is 14.0 Å². The van der Waals surface area contributed by atoms with Crippen molar-refractivity contribution in [1.82, 2.24) is 0 Å². The second kappa shape index (κ2) is 7.79. The number of anilines is 3. The highest BCUT2D eigenvalue weighted by molar-refractivity contribution is 6.31. The van der Waals surface area contributed by atoms with E-state index in [1.165, 1.54) is 12.1 Å². The first-order chi connectivity index (χ1) is 11.3. The molecule has 0 radical (unpaired) electrons. The van der Waals surface area contributed by atoms with Gasteiger partial charge in [0.25, 0.3) is 0 Å². The highest BCUT2D eigenvalue weighted by Crippen LogP contribution is 2.19. The largest absolute Gasteiger partial charge is 0.378 e. The van der Waals surface area contributed by atoms with Gasteiger partial charge >= 0.3 is 0 Å². The van der Waals surface area contributed by atoms with Crippen LogP contribution in [0, 0.1) is 5.82 Å². The quantitative estimate of drug-likeness (QED) is 0.812. The van der Waals surface area contributed by atoms with Gasteiger partial charge in [-0.05, 0) is 42.5 Å². The van der Waals surface area contributed by atoms with Crippen LogP contribution in [0.3, 0.4) is 0 Å². The fourth-order valence-corrected chi connectivity index (χ4v) is 2.15. The molecular formula is C17H17ClFN3O2. The van der Waals surface area contributed by atoms with Crippen LogP contribution in [0.1, 0.15) is 6.42 Å². The van der Waals surface area contributed by atoms with Crippen LogP contribution < -0.4 is 15.5 Å². The van der Waals surface area contributed by atoms with Gasteiger partial charge in [0.1, 0.15) is 12.2 Å². The van der Waals surface area contributed by atoms with Crippen LogP contribution in [0.4, 0.5) is 21.5 Å². The molecule has 7 heteroatoms. The van der Waals surface area contributed by atoms with E-state index >= 15 is 0 Å². The van der Waals surface area contributed by atoms with Gasteiger partial charge in [-0.3, -0.25) is 9.59 Å². The van der Waals surface area contributed by atoms with Gasteiger partial charge in [-0.2, -0.15) is 0 Å². The molecule has 2 N–H and O–H groups in total. The molecule has 2 aromatic rings. The average Bonchev–Trinajstić information content (AvgIpc) is 2.51. The Labute approximate surface area is 144 Å². The van der Waals surface area contributed by atoms with E-state index < -0.39 is 17.6 Å². The molecule has 2 amide bonds. The molecule has 0 saturated heterocycles. The van der Waals surface area contributed by atoms with Crippen molar-refractivity contribution in [2.75, 3.05) is 29.6 Å². The van der Waals surface area contributed by atoms with Crippen molar-refractivity contribution in [3.8, 4) is 0 Å². The molecule has 0 heterocycles. The number of nitrogens with zero attached hydrogens (tertiary/aromatic N) is 1. The summed E-state index contributed by atoms with van der Waals surface area (Å²) >= 11 is 5.64. The Morgan fingerprint density at radius 2 is 1.54 bits per heavy atom. The number of carbonyl (C=O) groups excluding carboxylic acids is 2. The summed E-state index contributed by atoms with van der Waals surface area (Å²) in [6.45, 7) is 0. The molecule has 2 aromatic carbocycles. The van der Waals surface area contributed by atoms with Gasteiger partial charge in [-0.25, -0.2) is 4.39 Å². The maximum atomic E-state index is 13.1. The summed E-state index contributed by atoms with van der Waals surface area (Å²) in [5.74, 6) is -1.54. The van der Waals surface area contributed by atoms with E-state index in [2.05, 4.69) is 10.6 Å².